The summed E-state index contributed by atoms with van der Waals surface area (Å²) in [4.78, 5) is 11.3. The normalized spacial score (nSPS) is 16.1. The summed E-state index contributed by atoms with van der Waals surface area (Å²) in [5, 5.41) is 10.2. The van der Waals surface area contributed by atoms with Crippen molar-refractivity contribution in [3.8, 4) is 0 Å². The van der Waals surface area contributed by atoms with Crippen LogP contribution in [0.15, 0.2) is 12.1 Å². The highest BCUT2D eigenvalue weighted by molar-refractivity contribution is 9.09. The zero-order valence-electron chi connectivity index (χ0n) is 8.29. The maximum Gasteiger partial charge on any atom is 0.338 e. The molecular weight excluding hydrogens is 260 g/mol. The van der Waals surface area contributed by atoms with Gasteiger partial charge in [-0.3, -0.25) is 0 Å². The van der Waals surface area contributed by atoms with Crippen LogP contribution in [-0.4, -0.2) is 16.4 Å². The highest BCUT2D eigenvalue weighted by Gasteiger charge is 2.25. The predicted molar refractivity (Wildman–Crippen MR) is 59.1 cm³/mol. The van der Waals surface area contributed by atoms with Gasteiger partial charge in [0.15, 0.2) is 0 Å². The van der Waals surface area contributed by atoms with Gasteiger partial charge >= 0.3 is 5.97 Å². The molecule has 0 amide bonds. The summed E-state index contributed by atoms with van der Waals surface area (Å²) >= 11 is 3.23. The molecule has 0 bridgehead atoms. The van der Waals surface area contributed by atoms with Gasteiger partial charge in [-0.25, -0.2) is 4.79 Å². The van der Waals surface area contributed by atoms with Gasteiger partial charge in [0.2, 0.25) is 0 Å². The Labute approximate surface area is 96.2 Å². The number of esters is 1. The molecule has 0 radical (unpaired) electrons. The number of hydrogen-bond acceptors (Lipinski definition) is 3. The number of carbonyl (C=O) groups excluding carboxylic acids is 1. The van der Waals surface area contributed by atoms with E-state index in [1.807, 2.05) is 6.92 Å². The molecule has 1 atom stereocenters. The van der Waals surface area contributed by atoms with Crippen molar-refractivity contribution in [1.82, 2.24) is 0 Å². The second-order valence-corrected chi connectivity index (χ2v) is 4.20. The summed E-state index contributed by atoms with van der Waals surface area (Å²) < 4.78 is 4.94. The Kier molecular flexibility index (Phi) is 2.80. The summed E-state index contributed by atoms with van der Waals surface area (Å²) in [6.45, 7) is 2.23. The highest BCUT2D eigenvalue weighted by Crippen LogP contribution is 2.29. The van der Waals surface area contributed by atoms with Crippen LogP contribution in [0.4, 0.5) is 0 Å². The molecule has 1 aliphatic heterocycles. The monoisotopic (exact) mass is 270 g/mol. The fraction of sp³-hybridized carbons (Fsp3) is 0.364. The van der Waals surface area contributed by atoms with Crippen LogP contribution in [0, 0.1) is 6.92 Å². The average Bonchev–Trinajstić information content (AvgIpc) is 2.61. The van der Waals surface area contributed by atoms with Crippen LogP contribution in [-0.2, 0) is 11.3 Å². The van der Waals surface area contributed by atoms with E-state index in [9.17, 15) is 9.90 Å². The third-order valence-corrected chi connectivity index (χ3v) is 3.33. The van der Waals surface area contributed by atoms with Gasteiger partial charge in [0.1, 0.15) is 6.61 Å². The van der Waals surface area contributed by atoms with Crippen molar-refractivity contribution in [2.45, 2.75) is 19.6 Å². The molecule has 0 fully saturated rings. The van der Waals surface area contributed by atoms with E-state index in [-0.39, 0.29) is 5.97 Å². The third-order valence-electron chi connectivity index (χ3n) is 2.71. The quantitative estimate of drug-likeness (QED) is 0.661. The summed E-state index contributed by atoms with van der Waals surface area (Å²) in [6, 6.07) is 3.51. The molecule has 0 spiro atoms. The standard InChI is InChI=1S/C11H11BrO3/c1-6-7(10(13)4-12)2-3-8-9(6)5-15-11(8)14/h2-3,10,13H,4-5H2,1H3/t10-/m0/s1. The van der Waals surface area contributed by atoms with Gasteiger partial charge in [0.05, 0.1) is 11.7 Å². The molecule has 2 rings (SSSR count). The van der Waals surface area contributed by atoms with E-state index in [1.165, 1.54) is 0 Å². The van der Waals surface area contributed by atoms with Crippen molar-refractivity contribution < 1.29 is 14.6 Å². The van der Waals surface area contributed by atoms with Gasteiger partial charge in [-0.05, 0) is 24.1 Å². The number of halogens is 1. The van der Waals surface area contributed by atoms with Crippen molar-refractivity contribution in [2.75, 3.05) is 5.33 Å². The van der Waals surface area contributed by atoms with Gasteiger partial charge in [-0.1, -0.05) is 22.0 Å². The van der Waals surface area contributed by atoms with Crippen LogP contribution in [0.5, 0.6) is 0 Å². The van der Waals surface area contributed by atoms with Crippen molar-refractivity contribution in [3.63, 3.8) is 0 Å². The molecule has 80 valence electrons. The number of cyclic esters (lactones) is 1. The van der Waals surface area contributed by atoms with E-state index in [0.29, 0.717) is 17.5 Å². The number of aliphatic hydroxyl groups excluding tert-OH is 1. The molecule has 1 aliphatic rings. The van der Waals surface area contributed by atoms with E-state index >= 15 is 0 Å². The number of benzene rings is 1. The minimum Gasteiger partial charge on any atom is -0.457 e. The summed E-state index contributed by atoms with van der Waals surface area (Å²) in [6.07, 6.45) is -0.536. The van der Waals surface area contributed by atoms with Gasteiger partial charge in [0.25, 0.3) is 0 Å². The lowest BCUT2D eigenvalue weighted by atomic mass is 9.96. The van der Waals surface area contributed by atoms with Crippen LogP contribution in [0.1, 0.15) is 33.2 Å². The summed E-state index contributed by atoms with van der Waals surface area (Å²) in [5.74, 6) is -0.270. The number of carbonyl (C=O) groups is 1. The SMILES string of the molecule is Cc1c([C@@H](O)CBr)ccc2c1COC2=O. The topological polar surface area (TPSA) is 46.5 Å². The number of ether oxygens (including phenoxy) is 1. The van der Waals surface area contributed by atoms with Gasteiger partial charge < -0.3 is 9.84 Å². The molecule has 3 nitrogen and oxygen atoms in total. The van der Waals surface area contributed by atoms with E-state index in [2.05, 4.69) is 15.9 Å². The molecule has 1 aromatic carbocycles. The summed E-state index contributed by atoms with van der Waals surface area (Å²) in [5.41, 5.74) is 3.32. The van der Waals surface area contributed by atoms with Gasteiger partial charge in [-0.15, -0.1) is 0 Å². The largest absolute Gasteiger partial charge is 0.457 e. The molecule has 0 saturated heterocycles. The number of hydrogen-bond donors (Lipinski definition) is 1. The first-order valence-corrected chi connectivity index (χ1v) is 5.81. The fourth-order valence-corrected chi connectivity index (χ4v) is 2.16. The minimum atomic E-state index is -0.536. The number of aliphatic hydroxyl groups is 1. The zero-order valence-corrected chi connectivity index (χ0v) is 9.87. The predicted octanol–water partition coefficient (Wildman–Crippen LogP) is 2.09. The molecule has 1 N–H and O–H groups in total. The lowest BCUT2D eigenvalue weighted by Crippen LogP contribution is -2.04. The van der Waals surface area contributed by atoms with E-state index < -0.39 is 6.10 Å². The summed E-state index contributed by atoms with van der Waals surface area (Å²) in [7, 11) is 0. The lowest BCUT2D eigenvalue weighted by molar-refractivity contribution is 0.0535. The molecule has 4 heteroatoms. The van der Waals surface area contributed by atoms with E-state index in [0.717, 1.165) is 16.7 Å². The molecule has 0 unspecified atom stereocenters. The Morgan fingerprint density at radius 3 is 3.00 bits per heavy atom. The Morgan fingerprint density at radius 2 is 2.33 bits per heavy atom. The highest BCUT2D eigenvalue weighted by atomic mass is 79.9. The molecular formula is C11H11BrO3. The van der Waals surface area contributed by atoms with Gasteiger partial charge in [-0.2, -0.15) is 0 Å². The van der Waals surface area contributed by atoms with Crippen LogP contribution in [0.2, 0.25) is 0 Å². The average molecular weight is 271 g/mol. The smallest absolute Gasteiger partial charge is 0.338 e. The first-order chi connectivity index (χ1) is 7.15. The molecule has 0 aromatic heterocycles. The maximum absolute atomic E-state index is 11.3. The molecule has 0 saturated carbocycles. The molecule has 1 aromatic rings. The second-order valence-electron chi connectivity index (χ2n) is 3.55. The van der Waals surface area contributed by atoms with Gasteiger partial charge in [0, 0.05) is 10.9 Å². The Morgan fingerprint density at radius 1 is 1.60 bits per heavy atom. The molecule has 1 heterocycles. The van der Waals surface area contributed by atoms with Crippen molar-refractivity contribution in [3.05, 3.63) is 34.4 Å². The van der Waals surface area contributed by atoms with Crippen molar-refractivity contribution >= 4 is 21.9 Å². The van der Waals surface area contributed by atoms with Crippen LogP contribution in [0.25, 0.3) is 0 Å². The van der Waals surface area contributed by atoms with Crippen LogP contribution < -0.4 is 0 Å². The first kappa shape index (κ1) is 10.6. The Hall–Kier alpha value is -0.870. The maximum atomic E-state index is 11.3. The third kappa shape index (κ3) is 1.68. The Bertz CT molecular complexity index is 415. The number of fused-ring (bicyclic) bond motifs is 1. The Balaban J connectivity index is 2.51. The molecule has 0 aliphatic carbocycles. The number of rotatable bonds is 2. The van der Waals surface area contributed by atoms with E-state index in [4.69, 9.17) is 4.74 Å². The van der Waals surface area contributed by atoms with E-state index in [1.54, 1.807) is 12.1 Å². The number of alkyl halides is 1. The minimum absolute atomic E-state index is 0.270. The van der Waals surface area contributed by atoms with Crippen LogP contribution >= 0.6 is 15.9 Å². The first-order valence-electron chi connectivity index (χ1n) is 4.68. The fourth-order valence-electron chi connectivity index (χ4n) is 1.81. The van der Waals surface area contributed by atoms with Crippen molar-refractivity contribution in [1.29, 1.82) is 0 Å². The second kappa shape index (κ2) is 3.94. The van der Waals surface area contributed by atoms with Crippen molar-refractivity contribution in [2.24, 2.45) is 0 Å². The lowest BCUT2D eigenvalue weighted by Gasteiger charge is -2.12. The van der Waals surface area contributed by atoms with Crippen LogP contribution in [0.3, 0.4) is 0 Å². The zero-order chi connectivity index (χ0) is 11.0. The molecule has 15 heavy (non-hydrogen) atoms.